The maximum atomic E-state index is 11.3. The van der Waals surface area contributed by atoms with Crippen molar-refractivity contribution in [3.05, 3.63) is 60.3 Å². The number of carboxylic acid groups (broad SMARTS) is 1. The number of aromatic carboxylic acids is 1. The van der Waals surface area contributed by atoms with Crippen LogP contribution in [0.15, 0.2) is 54.7 Å². The quantitative estimate of drug-likeness (QED) is 0.689. The van der Waals surface area contributed by atoms with Crippen LogP contribution in [0.25, 0.3) is 16.8 Å². The summed E-state index contributed by atoms with van der Waals surface area (Å²) in [5.41, 5.74) is 9.11. The monoisotopic (exact) mass is 252 g/mol. The molecule has 19 heavy (non-hydrogen) atoms. The first-order chi connectivity index (χ1) is 9.16. The molecule has 0 saturated carbocycles. The van der Waals surface area contributed by atoms with E-state index in [4.69, 9.17) is 5.73 Å². The van der Waals surface area contributed by atoms with Crippen LogP contribution in [-0.4, -0.2) is 15.5 Å². The molecule has 3 aromatic rings. The van der Waals surface area contributed by atoms with E-state index in [1.807, 2.05) is 34.9 Å². The number of rotatable bonds is 2. The van der Waals surface area contributed by atoms with Crippen LogP contribution in [0.1, 0.15) is 10.4 Å². The maximum absolute atomic E-state index is 11.3. The Labute approximate surface area is 109 Å². The number of aromatic nitrogens is 1. The minimum absolute atomic E-state index is 0.299. The average molecular weight is 252 g/mol. The van der Waals surface area contributed by atoms with E-state index < -0.39 is 5.97 Å². The Morgan fingerprint density at radius 3 is 2.53 bits per heavy atom. The Hall–Kier alpha value is -2.75. The van der Waals surface area contributed by atoms with Gasteiger partial charge in [0.2, 0.25) is 0 Å². The van der Waals surface area contributed by atoms with Crippen LogP contribution in [0.4, 0.5) is 5.69 Å². The van der Waals surface area contributed by atoms with Gasteiger partial charge in [-0.1, -0.05) is 18.2 Å². The lowest BCUT2D eigenvalue weighted by Gasteiger charge is -2.03. The summed E-state index contributed by atoms with van der Waals surface area (Å²) in [6.45, 7) is 0. The minimum atomic E-state index is -0.926. The molecular formula is C15H12N2O2. The van der Waals surface area contributed by atoms with Gasteiger partial charge in [-0.2, -0.15) is 0 Å². The Morgan fingerprint density at radius 1 is 1.11 bits per heavy atom. The van der Waals surface area contributed by atoms with E-state index in [0.717, 1.165) is 11.3 Å². The molecule has 0 saturated heterocycles. The Kier molecular flexibility index (Phi) is 2.49. The zero-order valence-corrected chi connectivity index (χ0v) is 10.1. The highest BCUT2D eigenvalue weighted by Gasteiger charge is 2.14. The molecule has 94 valence electrons. The topological polar surface area (TPSA) is 67.7 Å². The van der Waals surface area contributed by atoms with Crippen LogP contribution in [0.2, 0.25) is 0 Å². The van der Waals surface area contributed by atoms with E-state index in [1.165, 1.54) is 0 Å². The molecule has 0 spiro atoms. The highest BCUT2D eigenvalue weighted by Crippen LogP contribution is 2.26. The lowest BCUT2D eigenvalue weighted by atomic mass is 10.1. The van der Waals surface area contributed by atoms with Crippen molar-refractivity contribution in [3.8, 4) is 11.3 Å². The summed E-state index contributed by atoms with van der Waals surface area (Å²) in [5.74, 6) is -0.926. The van der Waals surface area contributed by atoms with Gasteiger partial charge in [0, 0.05) is 11.9 Å². The van der Waals surface area contributed by atoms with Crippen LogP contribution in [-0.2, 0) is 0 Å². The van der Waals surface area contributed by atoms with E-state index >= 15 is 0 Å². The van der Waals surface area contributed by atoms with Crippen LogP contribution in [0, 0.1) is 0 Å². The highest BCUT2D eigenvalue weighted by molar-refractivity contribution is 5.98. The zero-order chi connectivity index (χ0) is 13.4. The van der Waals surface area contributed by atoms with Crippen molar-refractivity contribution in [2.75, 3.05) is 5.73 Å². The molecule has 0 aliphatic rings. The van der Waals surface area contributed by atoms with Gasteiger partial charge in [-0.05, 0) is 35.9 Å². The fourth-order valence-corrected chi connectivity index (χ4v) is 2.20. The maximum Gasteiger partial charge on any atom is 0.337 e. The molecule has 0 aliphatic carbocycles. The number of pyridine rings is 1. The van der Waals surface area contributed by atoms with Gasteiger partial charge in [-0.3, -0.25) is 0 Å². The molecule has 0 fully saturated rings. The van der Waals surface area contributed by atoms with Crippen LogP contribution < -0.4 is 5.73 Å². The Balaban J connectivity index is 2.29. The molecule has 3 N–H and O–H groups in total. The van der Waals surface area contributed by atoms with Crippen molar-refractivity contribution in [3.63, 3.8) is 0 Å². The first kappa shape index (κ1) is 11.3. The minimum Gasteiger partial charge on any atom is -0.478 e. The number of carboxylic acids is 1. The number of benzene rings is 1. The second-order valence-corrected chi connectivity index (χ2v) is 4.33. The summed E-state index contributed by atoms with van der Waals surface area (Å²) in [6.07, 6.45) is 1.85. The number of hydrogen-bond acceptors (Lipinski definition) is 2. The number of fused-ring (bicyclic) bond motifs is 1. The molecule has 0 bridgehead atoms. The fraction of sp³-hybridized carbons (Fsp3) is 0. The second-order valence-electron chi connectivity index (χ2n) is 4.33. The highest BCUT2D eigenvalue weighted by atomic mass is 16.4. The molecule has 0 atom stereocenters. The van der Waals surface area contributed by atoms with E-state index in [0.29, 0.717) is 16.8 Å². The molecule has 0 aliphatic heterocycles. The largest absolute Gasteiger partial charge is 0.478 e. The van der Waals surface area contributed by atoms with Crippen molar-refractivity contribution in [2.24, 2.45) is 0 Å². The standard InChI is InChI=1S/C15H12N2O2/c16-11-6-4-10(5-7-11)14-9-12(15(18)19)13-3-1-2-8-17(13)14/h1-9H,16H2,(H,18,19). The second kappa shape index (κ2) is 4.17. The Morgan fingerprint density at radius 2 is 1.84 bits per heavy atom. The van der Waals surface area contributed by atoms with Gasteiger partial charge in [-0.25, -0.2) is 4.79 Å². The summed E-state index contributed by atoms with van der Waals surface area (Å²) in [6, 6.07) is 14.6. The van der Waals surface area contributed by atoms with E-state index in [2.05, 4.69) is 0 Å². The van der Waals surface area contributed by atoms with E-state index in [1.54, 1.807) is 24.3 Å². The first-order valence-electron chi connectivity index (χ1n) is 5.86. The van der Waals surface area contributed by atoms with Crippen molar-refractivity contribution in [2.45, 2.75) is 0 Å². The third kappa shape index (κ3) is 1.83. The van der Waals surface area contributed by atoms with Crippen LogP contribution in [0.3, 0.4) is 0 Å². The lowest BCUT2D eigenvalue weighted by molar-refractivity contribution is 0.0699. The van der Waals surface area contributed by atoms with Gasteiger partial charge < -0.3 is 15.2 Å². The third-order valence-corrected chi connectivity index (χ3v) is 3.11. The lowest BCUT2D eigenvalue weighted by Crippen LogP contribution is -1.94. The summed E-state index contributed by atoms with van der Waals surface area (Å²) in [7, 11) is 0. The number of hydrogen-bond donors (Lipinski definition) is 2. The molecule has 4 heteroatoms. The summed E-state index contributed by atoms with van der Waals surface area (Å²) < 4.78 is 1.87. The molecule has 0 unspecified atom stereocenters. The first-order valence-corrected chi connectivity index (χ1v) is 5.86. The molecule has 2 aromatic heterocycles. The third-order valence-electron chi connectivity index (χ3n) is 3.11. The molecule has 0 amide bonds. The van der Waals surface area contributed by atoms with Gasteiger partial charge in [0.25, 0.3) is 0 Å². The molecule has 3 rings (SSSR count). The van der Waals surface area contributed by atoms with Crippen LogP contribution in [0.5, 0.6) is 0 Å². The summed E-state index contributed by atoms with van der Waals surface area (Å²) in [4.78, 5) is 11.3. The number of carbonyl (C=O) groups is 1. The van der Waals surface area contributed by atoms with Gasteiger partial charge in [0.15, 0.2) is 0 Å². The van der Waals surface area contributed by atoms with Crippen molar-refractivity contribution in [1.29, 1.82) is 0 Å². The Bertz CT molecular complexity index is 757. The fourth-order valence-electron chi connectivity index (χ4n) is 2.20. The summed E-state index contributed by atoms with van der Waals surface area (Å²) in [5, 5.41) is 9.25. The van der Waals surface area contributed by atoms with Crippen molar-refractivity contribution < 1.29 is 9.90 Å². The van der Waals surface area contributed by atoms with Crippen molar-refractivity contribution >= 4 is 17.2 Å². The number of nitrogen functional groups attached to an aromatic ring is 1. The molecule has 4 nitrogen and oxygen atoms in total. The van der Waals surface area contributed by atoms with Gasteiger partial charge in [0.05, 0.1) is 16.8 Å². The van der Waals surface area contributed by atoms with Crippen molar-refractivity contribution in [1.82, 2.24) is 4.40 Å². The van der Waals surface area contributed by atoms with Gasteiger partial charge >= 0.3 is 5.97 Å². The zero-order valence-electron chi connectivity index (χ0n) is 10.1. The number of anilines is 1. The molecule has 2 heterocycles. The van der Waals surface area contributed by atoms with Gasteiger partial charge in [-0.15, -0.1) is 0 Å². The van der Waals surface area contributed by atoms with Crippen LogP contribution >= 0.6 is 0 Å². The SMILES string of the molecule is Nc1ccc(-c2cc(C(=O)O)c3ccccn23)cc1. The molecular weight excluding hydrogens is 240 g/mol. The van der Waals surface area contributed by atoms with E-state index in [-0.39, 0.29) is 0 Å². The number of nitrogens with two attached hydrogens (primary N) is 1. The predicted octanol–water partition coefficient (Wildman–Crippen LogP) is 2.89. The average Bonchev–Trinajstić information content (AvgIpc) is 2.79. The molecule has 1 aromatic carbocycles. The molecule has 0 radical (unpaired) electrons. The number of nitrogens with zero attached hydrogens (tertiary/aromatic N) is 1. The summed E-state index contributed by atoms with van der Waals surface area (Å²) >= 11 is 0. The van der Waals surface area contributed by atoms with E-state index in [9.17, 15) is 9.90 Å². The predicted molar refractivity (Wildman–Crippen MR) is 74.2 cm³/mol. The smallest absolute Gasteiger partial charge is 0.337 e. The normalized spacial score (nSPS) is 10.7. The van der Waals surface area contributed by atoms with Gasteiger partial charge in [0.1, 0.15) is 0 Å².